The van der Waals surface area contributed by atoms with Crippen LogP contribution in [0.15, 0.2) is 17.2 Å². The van der Waals surface area contributed by atoms with Gasteiger partial charge in [-0.05, 0) is 18.0 Å². The van der Waals surface area contributed by atoms with E-state index in [0.29, 0.717) is 18.0 Å². The summed E-state index contributed by atoms with van der Waals surface area (Å²) in [5, 5.41) is 3.16. The van der Waals surface area contributed by atoms with E-state index in [0.717, 1.165) is 12.2 Å². The van der Waals surface area contributed by atoms with Gasteiger partial charge in [0.2, 0.25) is 10.0 Å². The first-order chi connectivity index (χ1) is 8.66. The molecule has 0 aliphatic heterocycles. The molecule has 5 nitrogen and oxygen atoms in total. The van der Waals surface area contributed by atoms with Gasteiger partial charge in [-0.2, -0.15) is 0 Å². The van der Waals surface area contributed by atoms with Crippen LogP contribution in [0.25, 0.3) is 0 Å². The van der Waals surface area contributed by atoms with Gasteiger partial charge >= 0.3 is 0 Å². The first-order valence-electron chi connectivity index (χ1n) is 6.51. The summed E-state index contributed by atoms with van der Waals surface area (Å²) in [7, 11) is -1.78. The normalized spacial score (nSPS) is 13.2. The highest BCUT2D eigenvalue weighted by atomic mass is 32.2. The molecule has 0 amide bonds. The Hall–Kier alpha value is -0.850. The summed E-state index contributed by atoms with van der Waals surface area (Å²) in [5.74, 6) is 0. The molecule has 0 saturated carbocycles. The van der Waals surface area contributed by atoms with Crippen LogP contribution >= 0.6 is 0 Å². The Morgan fingerprint density at radius 1 is 1.37 bits per heavy atom. The van der Waals surface area contributed by atoms with E-state index in [4.69, 9.17) is 0 Å². The second-order valence-electron chi connectivity index (χ2n) is 5.96. The van der Waals surface area contributed by atoms with Gasteiger partial charge < -0.3 is 10.3 Å². The Balaban J connectivity index is 2.85. The lowest BCUT2D eigenvalue weighted by Crippen LogP contribution is -2.34. The SMILES string of the molecule is CCNCc1cc(S(=O)(=O)N(C)CC(C)(C)C)c[nH]1. The van der Waals surface area contributed by atoms with E-state index in [1.807, 2.05) is 27.7 Å². The predicted molar refractivity (Wildman–Crippen MR) is 77.4 cm³/mol. The fourth-order valence-corrected chi connectivity index (χ4v) is 3.28. The maximum atomic E-state index is 12.4. The lowest BCUT2D eigenvalue weighted by molar-refractivity contribution is 0.311. The molecular weight excluding hydrogens is 262 g/mol. The Morgan fingerprint density at radius 2 is 2.00 bits per heavy atom. The van der Waals surface area contributed by atoms with Crippen LogP contribution in [0.5, 0.6) is 0 Å². The van der Waals surface area contributed by atoms with Crippen LogP contribution in [0, 0.1) is 5.41 Å². The molecule has 2 N–H and O–H groups in total. The summed E-state index contributed by atoms with van der Waals surface area (Å²) in [5.41, 5.74) is 0.814. The summed E-state index contributed by atoms with van der Waals surface area (Å²) in [6, 6.07) is 1.69. The number of aromatic nitrogens is 1. The smallest absolute Gasteiger partial charge is 0.244 e. The Bertz CT molecular complexity index is 500. The fraction of sp³-hybridized carbons (Fsp3) is 0.692. The zero-order valence-corrected chi connectivity index (χ0v) is 13.3. The van der Waals surface area contributed by atoms with Gasteiger partial charge in [0.15, 0.2) is 0 Å². The lowest BCUT2D eigenvalue weighted by Gasteiger charge is -2.25. The number of aromatic amines is 1. The topological polar surface area (TPSA) is 65.2 Å². The zero-order chi connectivity index (χ0) is 14.7. The summed E-state index contributed by atoms with van der Waals surface area (Å²) in [4.78, 5) is 3.32. The second-order valence-corrected chi connectivity index (χ2v) is 8.01. The van der Waals surface area contributed by atoms with Gasteiger partial charge in [-0.3, -0.25) is 0 Å². The minimum absolute atomic E-state index is 0.0648. The number of nitrogens with zero attached hydrogens (tertiary/aromatic N) is 1. The molecule has 0 radical (unpaired) electrons. The molecule has 1 heterocycles. The highest BCUT2D eigenvalue weighted by molar-refractivity contribution is 7.89. The first-order valence-corrected chi connectivity index (χ1v) is 7.95. The average Bonchev–Trinajstić information content (AvgIpc) is 2.73. The molecule has 0 aromatic carbocycles. The largest absolute Gasteiger partial charge is 0.363 e. The van der Waals surface area contributed by atoms with Crippen molar-refractivity contribution in [3.8, 4) is 0 Å². The first kappa shape index (κ1) is 16.2. The highest BCUT2D eigenvalue weighted by Crippen LogP contribution is 2.21. The number of sulfonamides is 1. The Kier molecular flexibility index (Phi) is 5.18. The second kappa shape index (κ2) is 6.07. The van der Waals surface area contributed by atoms with Gasteiger partial charge in [0.05, 0.1) is 4.90 Å². The van der Waals surface area contributed by atoms with Gasteiger partial charge in [-0.1, -0.05) is 27.7 Å². The van der Waals surface area contributed by atoms with Crippen LogP contribution in [0.3, 0.4) is 0 Å². The minimum Gasteiger partial charge on any atom is -0.363 e. The Morgan fingerprint density at radius 3 is 2.53 bits per heavy atom. The van der Waals surface area contributed by atoms with Crippen molar-refractivity contribution in [1.29, 1.82) is 0 Å². The van der Waals surface area contributed by atoms with E-state index in [9.17, 15) is 8.42 Å². The van der Waals surface area contributed by atoms with Crippen LogP contribution in [-0.2, 0) is 16.6 Å². The van der Waals surface area contributed by atoms with Crippen molar-refractivity contribution >= 4 is 10.0 Å². The quantitative estimate of drug-likeness (QED) is 0.838. The number of hydrogen-bond donors (Lipinski definition) is 2. The molecule has 1 rings (SSSR count). The third-order valence-corrected chi connectivity index (χ3v) is 4.47. The monoisotopic (exact) mass is 287 g/mol. The van der Waals surface area contributed by atoms with Crippen LogP contribution in [-0.4, -0.2) is 37.8 Å². The highest BCUT2D eigenvalue weighted by Gasteiger charge is 2.26. The van der Waals surface area contributed by atoms with Crippen LogP contribution in [0.4, 0.5) is 0 Å². The molecule has 1 aromatic heterocycles. The number of rotatable bonds is 6. The van der Waals surface area contributed by atoms with E-state index in [1.165, 1.54) is 4.31 Å². The molecule has 0 bridgehead atoms. The van der Waals surface area contributed by atoms with Gasteiger partial charge in [-0.25, -0.2) is 12.7 Å². The summed E-state index contributed by atoms with van der Waals surface area (Å²) in [6.07, 6.45) is 1.56. The number of nitrogens with one attached hydrogen (secondary N) is 2. The molecule has 0 atom stereocenters. The van der Waals surface area contributed by atoms with Gasteiger partial charge in [0.1, 0.15) is 0 Å². The number of hydrogen-bond acceptors (Lipinski definition) is 3. The van der Waals surface area contributed by atoms with Gasteiger partial charge in [-0.15, -0.1) is 0 Å². The van der Waals surface area contributed by atoms with E-state index in [1.54, 1.807) is 19.3 Å². The lowest BCUT2D eigenvalue weighted by atomic mass is 9.97. The molecule has 0 spiro atoms. The molecule has 19 heavy (non-hydrogen) atoms. The van der Waals surface area contributed by atoms with E-state index < -0.39 is 10.0 Å². The molecule has 0 aliphatic rings. The maximum absolute atomic E-state index is 12.4. The van der Waals surface area contributed by atoms with Crippen molar-refractivity contribution in [2.75, 3.05) is 20.1 Å². The van der Waals surface area contributed by atoms with Crippen LogP contribution < -0.4 is 5.32 Å². The standard InChI is InChI=1S/C13H25N3O2S/c1-6-14-8-11-7-12(9-15-11)19(17,18)16(5)10-13(2,3)4/h7,9,14-15H,6,8,10H2,1-5H3. The third-order valence-electron chi connectivity index (χ3n) is 2.69. The zero-order valence-electron chi connectivity index (χ0n) is 12.4. The van der Waals surface area contributed by atoms with Crippen molar-refractivity contribution in [3.05, 3.63) is 18.0 Å². The van der Waals surface area contributed by atoms with Crippen LogP contribution in [0.1, 0.15) is 33.4 Å². The third kappa shape index (κ3) is 4.63. The van der Waals surface area contributed by atoms with Crippen LogP contribution in [0.2, 0.25) is 0 Å². The average molecular weight is 287 g/mol. The van der Waals surface area contributed by atoms with E-state index in [-0.39, 0.29) is 5.41 Å². The number of H-pyrrole nitrogens is 1. The van der Waals surface area contributed by atoms with Gasteiger partial charge in [0.25, 0.3) is 0 Å². The summed E-state index contributed by atoms with van der Waals surface area (Å²) in [6.45, 7) is 10.1. The molecular formula is C13H25N3O2S. The fourth-order valence-electron chi connectivity index (χ4n) is 1.86. The van der Waals surface area contributed by atoms with Gasteiger partial charge in [0, 0.05) is 32.0 Å². The molecule has 0 aliphatic carbocycles. The molecule has 6 heteroatoms. The molecule has 0 unspecified atom stereocenters. The van der Waals surface area contributed by atoms with Crippen molar-refractivity contribution in [2.24, 2.45) is 5.41 Å². The molecule has 110 valence electrons. The molecule has 0 saturated heterocycles. The van der Waals surface area contributed by atoms with Crippen molar-refractivity contribution in [3.63, 3.8) is 0 Å². The molecule has 1 aromatic rings. The van der Waals surface area contributed by atoms with Crippen molar-refractivity contribution in [2.45, 2.75) is 39.1 Å². The molecule has 0 fully saturated rings. The van der Waals surface area contributed by atoms with Crippen molar-refractivity contribution in [1.82, 2.24) is 14.6 Å². The predicted octanol–water partition coefficient (Wildman–Crippen LogP) is 1.79. The summed E-state index contributed by atoms with van der Waals surface area (Å²) >= 11 is 0. The van der Waals surface area contributed by atoms with E-state index in [2.05, 4.69) is 10.3 Å². The maximum Gasteiger partial charge on any atom is 0.244 e. The van der Waals surface area contributed by atoms with Crippen molar-refractivity contribution < 1.29 is 8.42 Å². The minimum atomic E-state index is -3.40. The summed E-state index contributed by atoms with van der Waals surface area (Å²) < 4.78 is 26.2. The Labute approximate surface area is 116 Å². The van der Waals surface area contributed by atoms with E-state index >= 15 is 0 Å².